The number of hydrogen-bond donors (Lipinski definition) is 1. The average Bonchev–Trinajstić information content (AvgIpc) is 3.25. The number of methoxy groups -OCH3 is 2. The Morgan fingerprint density at radius 3 is 2.61 bits per heavy atom. The fraction of sp³-hybridized carbons (Fsp3) is 0.240. The highest BCUT2D eigenvalue weighted by Gasteiger charge is 2.41. The molecule has 2 aliphatic heterocycles. The van der Waals surface area contributed by atoms with E-state index in [2.05, 4.69) is 6.07 Å². The molecule has 0 fully saturated rings. The number of nitrogens with zero attached hydrogens (tertiary/aromatic N) is 2. The van der Waals surface area contributed by atoms with Gasteiger partial charge in [-0.15, -0.1) is 0 Å². The third-order valence-electron chi connectivity index (χ3n) is 5.85. The van der Waals surface area contributed by atoms with E-state index in [4.69, 9.17) is 19.3 Å². The molecule has 0 saturated carbocycles. The topological polar surface area (TPSA) is 63.5 Å². The number of aryl methyl sites for hydroxylation is 1. The highest BCUT2D eigenvalue weighted by Crippen LogP contribution is 2.48. The highest BCUT2D eigenvalue weighted by atomic mass is 16.5. The van der Waals surface area contributed by atoms with E-state index >= 15 is 0 Å². The van der Waals surface area contributed by atoms with E-state index in [9.17, 15) is 5.11 Å². The lowest BCUT2D eigenvalue weighted by atomic mass is 9.95. The van der Waals surface area contributed by atoms with Gasteiger partial charge in [0.2, 0.25) is 6.23 Å². The largest absolute Gasteiger partial charge is 0.507 e. The van der Waals surface area contributed by atoms with Crippen molar-refractivity contribution < 1.29 is 19.3 Å². The van der Waals surface area contributed by atoms with Crippen molar-refractivity contribution in [2.24, 2.45) is 5.10 Å². The van der Waals surface area contributed by atoms with Gasteiger partial charge < -0.3 is 19.3 Å². The van der Waals surface area contributed by atoms with Crippen LogP contribution in [0, 0.1) is 6.92 Å². The zero-order valence-electron chi connectivity index (χ0n) is 17.7. The van der Waals surface area contributed by atoms with Crippen molar-refractivity contribution in [3.8, 4) is 23.0 Å². The molecule has 5 rings (SSSR count). The predicted molar refractivity (Wildman–Crippen MR) is 118 cm³/mol. The third kappa shape index (κ3) is 3.24. The molecule has 0 unspecified atom stereocenters. The van der Waals surface area contributed by atoms with Gasteiger partial charge >= 0.3 is 0 Å². The van der Waals surface area contributed by atoms with Crippen LogP contribution < -0.4 is 14.2 Å². The SMILES string of the molecule is COc1ccc([C@@H]2Oc3ccccc3[C@@H]3CC(c4cc(C)ccc4O)=NN32)cc1OC. The molecule has 0 bridgehead atoms. The lowest BCUT2D eigenvalue weighted by Crippen LogP contribution is -2.33. The number of hydrazone groups is 1. The van der Waals surface area contributed by atoms with E-state index in [0.717, 1.165) is 33.7 Å². The number of rotatable bonds is 4. The highest BCUT2D eigenvalue weighted by molar-refractivity contribution is 6.04. The Hall–Kier alpha value is -3.67. The number of phenolic OH excluding ortho intramolecular Hbond substituents is 1. The molecule has 6 heteroatoms. The minimum absolute atomic E-state index is 0.0120. The Morgan fingerprint density at radius 1 is 1.00 bits per heavy atom. The Balaban J connectivity index is 1.61. The first-order valence-corrected chi connectivity index (χ1v) is 10.2. The maximum absolute atomic E-state index is 10.5. The molecule has 2 heterocycles. The maximum Gasteiger partial charge on any atom is 0.214 e. The van der Waals surface area contributed by atoms with Crippen molar-refractivity contribution in [3.05, 3.63) is 82.9 Å². The molecule has 6 nitrogen and oxygen atoms in total. The van der Waals surface area contributed by atoms with Crippen molar-refractivity contribution in [1.82, 2.24) is 5.01 Å². The lowest BCUT2D eigenvalue weighted by Gasteiger charge is -2.38. The van der Waals surface area contributed by atoms with Crippen LogP contribution in [0.1, 0.15) is 40.9 Å². The van der Waals surface area contributed by atoms with Gasteiger partial charge in [-0.05, 0) is 43.3 Å². The zero-order chi connectivity index (χ0) is 21.5. The normalized spacial score (nSPS) is 19.2. The molecule has 158 valence electrons. The minimum atomic E-state index is -0.427. The number of hydrogen-bond acceptors (Lipinski definition) is 6. The maximum atomic E-state index is 10.5. The first-order valence-electron chi connectivity index (χ1n) is 10.2. The van der Waals surface area contributed by atoms with Gasteiger partial charge in [-0.25, -0.2) is 5.01 Å². The predicted octanol–water partition coefficient (Wildman–Crippen LogP) is 4.96. The molecular weight excluding hydrogens is 392 g/mol. The van der Waals surface area contributed by atoms with Gasteiger partial charge in [-0.3, -0.25) is 0 Å². The number of fused-ring (bicyclic) bond motifs is 3. The fourth-order valence-electron chi connectivity index (χ4n) is 4.30. The van der Waals surface area contributed by atoms with Crippen LogP contribution in [0.3, 0.4) is 0 Å². The summed E-state index contributed by atoms with van der Waals surface area (Å²) in [7, 11) is 3.24. The third-order valence-corrected chi connectivity index (χ3v) is 5.85. The Labute approximate surface area is 181 Å². The van der Waals surface area contributed by atoms with Crippen LogP contribution in [0.5, 0.6) is 23.0 Å². The molecule has 0 aliphatic carbocycles. The molecule has 1 N–H and O–H groups in total. The molecule has 0 amide bonds. The van der Waals surface area contributed by atoms with Crippen LogP contribution in [-0.4, -0.2) is 30.0 Å². The molecule has 0 radical (unpaired) electrons. The second kappa shape index (κ2) is 7.54. The van der Waals surface area contributed by atoms with Crippen LogP contribution in [0.2, 0.25) is 0 Å². The van der Waals surface area contributed by atoms with Crippen LogP contribution >= 0.6 is 0 Å². The van der Waals surface area contributed by atoms with Crippen molar-refractivity contribution in [2.75, 3.05) is 14.2 Å². The van der Waals surface area contributed by atoms with Gasteiger partial charge in [0, 0.05) is 23.1 Å². The Bertz CT molecular complexity index is 1170. The van der Waals surface area contributed by atoms with Crippen LogP contribution in [0.15, 0.2) is 65.8 Å². The monoisotopic (exact) mass is 416 g/mol. The zero-order valence-corrected chi connectivity index (χ0v) is 17.7. The first kappa shape index (κ1) is 19.3. The first-order chi connectivity index (χ1) is 15.1. The van der Waals surface area contributed by atoms with Crippen molar-refractivity contribution in [1.29, 1.82) is 0 Å². The average molecular weight is 416 g/mol. The number of benzene rings is 3. The van der Waals surface area contributed by atoms with Gasteiger partial charge in [0.1, 0.15) is 11.5 Å². The number of aromatic hydroxyl groups is 1. The van der Waals surface area contributed by atoms with Crippen LogP contribution in [-0.2, 0) is 0 Å². The summed E-state index contributed by atoms with van der Waals surface area (Å²) < 4.78 is 17.3. The number of phenols is 1. The summed E-state index contributed by atoms with van der Waals surface area (Å²) in [5.41, 5.74) is 4.68. The van der Waals surface area contributed by atoms with E-state index in [0.29, 0.717) is 17.9 Å². The summed E-state index contributed by atoms with van der Waals surface area (Å²) in [5.74, 6) is 2.38. The molecule has 0 saturated heterocycles. The molecule has 3 aromatic carbocycles. The molecular formula is C25H24N2O4. The summed E-state index contributed by atoms with van der Waals surface area (Å²) >= 11 is 0. The summed E-state index contributed by atoms with van der Waals surface area (Å²) in [5, 5.41) is 17.4. The molecule has 2 atom stereocenters. The van der Waals surface area contributed by atoms with E-state index in [1.54, 1.807) is 20.3 Å². The van der Waals surface area contributed by atoms with E-state index < -0.39 is 6.23 Å². The molecule has 3 aromatic rings. The van der Waals surface area contributed by atoms with Crippen molar-refractivity contribution >= 4 is 5.71 Å². The summed E-state index contributed by atoms with van der Waals surface area (Å²) in [6.45, 7) is 2.01. The summed E-state index contributed by atoms with van der Waals surface area (Å²) in [4.78, 5) is 0. The van der Waals surface area contributed by atoms with E-state index in [1.807, 2.05) is 60.5 Å². The second-order valence-corrected chi connectivity index (χ2v) is 7.79. The van der Waals surface area contributed by atoms with Crippen molar-refractivity contribution in [3.63, 3.8) is 0 Å². The lowest BCUT2D eigenvalue weighted by molar-refractivity contribution is -0.0191. The fourth-order valence-corrected chi connectivity index (χ4v) is 4.30. The number of para-hydroxylation sites is 1. The van der Waals surface area contributed by atoms with Crippen LogP contribution in [0.25, 0.3) is 0 Å². The Kier molecular flexibility index (Phi) is 4.70. The van der Waals surface area contributed by atoms with Crippen molar-refractivity contribution in [2.45, 2.75) is 25.6 Å². The second-order valence-electron chi connectivity index (χ2n) is 7.79. The summed E-state index contributed by atoms with van der Waals surface area (Å²) in [6, 6.07) is 19.4. The van der Waals surface area contributed by atoms with Gasteiger partial charge in [0.05, 0.1) is 26.0 Å². The van der Waals surface area contributed by atoms with Gasteiger partial charge in [-0.1, -0.05) is 29.8 Å². The van der Waals surface area contributed by atoms with Gasteiger partial charge in [-0.2, -0.15) is 5.10 Å². The van der Waals surface area contributed by atoms with Gasteiger partial charge in [0.15, 0.2) is 11.5 Å². The smallest absolute Gasteiger partial charge is 0.214 e. The standard InChI is InChI=1S/C25H24N2O4/c1-15-8-10-21(28)18(12-15)19-14-20-17-6-4-5-7-22(17)31-25(27(20)26-19)16-9-11-23(29-2)24(13-16)30-3/h4-13,20,25,28H,14H2,1-3H3/t20-,25-/m0/s1. The van der Waals surface area contributed by atoms with Gasteiger partial charge in [0.25, 0.3) is 0 Å². The van der Waals surface area contributed by atoms with E-state index in [1.165, 1.54) is 0 Å². The Morgan fingerprint density at radius 2 is 1.81 bits per heavy atom. The molecule has 0 spiro atoms. The molecule has 2 aliphatic rings. The molecule has 31 heavy (non-hydrogen) atoms. The van der Waals surface area contributed by atoms with Crippen LogP contribution in [0.4, 0.5) is 0 Å². The quantitative estimate of drug-likeness (QED) is 0.651. The molecule has 0 aromatic heterocycles. The number of ether oxygens (including phenoxy) is 3. The van der Waals surface area contributed by atoms with E-state index in [-0.39, 0.29) is 11.8 Å². The minimum Gasteiger partial charge on any atom is -0.507 e. The summed E-state index contributed by atoms with van der Waals surface area (Å²) in [6.07, 6.45) is 0.255.